The van der Waals surface area contributed by atoms with Gasteiger partial charge in [0, 0.05) is 13.1 Å². The molecule has 1 aromatic rings. The maximum atomic E-state index is 12.2. The lowest BCUT2D eigenvalue weighted by Crippen LogP contribution is -2.54. The van der Waals surface area contributed by atoms with E-state index in [4.69, 9.17) is 10.2 Å². The van der Waals surface area contributed by atoms with Crippen molar-refractivity contribution in [2.45, 2.75) is 12.5 Å². The first-order valence-electron chi connectivity index (χ1n) is 8.55. The van der Waals surface area contributed by atoms with Gasteiger partial charge in [-0.25, -0.2) is 4.79 Å². The van der Waals surface area contributed by atoms with Crippen LogP contribution in [0.5, 0.6) is 0 Å². The predicted molar refractivity (Wildman–Crippen MR) is 129 cm³/mol. The number of carboxylic acids is 4. The molecule has 0 amide bonds. The summed E-state index contributed by atoms with van der Waals surface area (Å²) < 4.78 is 0. The van der Waals surface area contributed by atoms with E-state index in [1.54, 1.807) is 0 Å². The molecule has 0 radical (unpaired) electrons. The second-order valence-corrected chi connectivity index (χ2v) is 6.62. The molecule has 0 saturated carbocycles. The third-order valence-electron chi connectivity index (χ3n) is 4.38. The van der Waals surface area contributed by atoms with Gasteiger partial charge in [0.2, 0.25) is 0 Å². The molecule has 0 heterocycles. The first kappa shape index (κ1) is 35.3. The number of carbonyl (C=O) groups is 4. The van der Waals surface area contributed by atoms with E-state index in [1.807, 2.05) is 0 Å². The first-order chi connectivity index (χ1) is 14.0. The molecule has 0 aromatic heterocycles. The number of rotatable bonds is 13. The lowest BCUT2D eigenvalue weighted by molar-refractivity contribution is -0.155. The van der Waals surface area contributed by atoms with Gasteiger partial charge in [-0.05, 0) is 36.8 Å². The number of aliphatic imine (C=N–C) groups is 1. The van der Waals surface area contributed by atoms with Gasteiger partial charge in [-0.2, -0.15) is 4.99 Å². The van der Waals surface area contributed by atoms with Crippen LogP contribution in [0.1, 0.15) is 12.5 Å². The molecule has 1 atom stereocenters. The summed E-state index contributed by atoms with van der Waals surface area (Å²) >= 11 is 4.52. The van der Waals surface area contributed by atoms with E-state index in [9.17, 15) is 29.4 Å². The van der Waals surface area contributed by atoms with Crippen LogP contribution in [0.15, 0.2) is 29.3 Å². The molecule has 11 nitrogen and oxygen atoms in total. The summed E-state index contributed by atoms with van der Waals surface area (Å²) in [5.74, 6) is -5.17. The fourth-order valence-corrected chi connectivity index (χ4v) is 2.94. The van der Waals surface area contributed by atoms with E-state index < -0.39 is 49.1 Å². The minimum absolute atomic E-state index is 0. The minimum atomic E-state index is -1.80. The molecular weight excluding hydrogens is 525 g/mol. The van der Waals surface area contributed by atoms with Crippen molar-refractivity contribution < 1.29 is 39.6 Å². The van der Waals surface area contributed by atoms with Crippen LogP contribution < -0.4 is 0 Å². The molecule has 0 aliphatic carbocycles. The van der Waals surface area contributed by atoms with Crippen LogP contribution in [0.3, 0.4) is 0 Å². The zero-order chi connectivity index (χ0) is 22.9. The van der Waals surface area contributed by atoms with Crippen LogP contribution in [0, 0.1) is 0 Å². The minimum Gasteiger partial charge on any atom is -0.480 e. The molecule has 0 aliphatic heterocycles. The van der Waals surface area contributed by atoms with Gasteiger partial charge in [-0.15, -0.1) is 37.2 Å². The van der Waals surface area contributed by atoms with Gasteiger partial charge in [0.15, 0.2) is 0 Å². The topological polar surface area (TPSA) is 168 Å². The van der Waals surface area contributed by atoms with Crippen LogP contribution in [0.2, 0.25) is 0 Å². The standard InChI is InChI=1S/C18H21N3O8S.3ClH/c1-18(17(28)29,12-2-4-13(5-3-12)19-11-30)21(10-16(26)27)7-6-20(8-14(22)23)9-15(24)25;;;/h2-5H,6-10H2,1H3,(H,22,23)(H,24,25)(H,26,27)(H,28,29);3*1H/t18-;;;/m1.../s1. The van der Waals surface area contributed by atoms with Crippen molar-refractivity contribution >= 4 is 84.2 Å². The Kier molecular flexibility index (Phi) is 17.5. The summed E-state index contributed by atoms with van der Waals surface area (Å²) in [4.78, 5) is 51.5. The van der Waals surface area contributed by atoms with E-state index in [0.29, 0.717) is 5.69 Å². The summed E-state index contributed by atoms with van der Waals surface area (Å²) in [6.07, 6.45) is 0. The Hall–Kier alpha value is -2.31. The molecule has 1 aromatic carbocycles. The van der Waals surface area contributed by atoms with E-state index in [2.05, 4.69) is 22.4 Å². The Morgan fingerprint density at radius 2 is 1.33 bits per heavy atom. The maximum absolute atomic E-state index is 12.2. The Bertz CT molecular complexity index is 852. The number of aliphatic carboxylic acids is 4. The highest BCUT2D eigenvalue weighted by Gasteiger charge is 2.42. The molecule has 0 spiro atoms. The van der Waals surface area contributed by atoms with Gasteiger partial charge in [-0.3, -0.25) is 24.2 Å². The van der Waals surface area contributed by atoms with E-state index in [1.165, 1.54) is 31.2 Å². The molecule has 186 valence electrons. The number of benzene rings is 1. The zero-order valence-corrected chi connectivity index (χ0v) is 20.5. The molecule has 0 fully saturated rings. The number of hydrogen-bond acceptors (Lipinski definition) is 8. The molecular formula is C18H24Cl3N3O8S. The van der Waals surface area contributed by atoms with E-state index in [-0.39, 0.29) is 55.9 Å². The fraction of sp³-hybridized carbons (Fsp3) is 0.389. The average molecular weight is 549 g/mol. The van der Waals surface area contributed by atoms with Crippen molar-refractivity contribution in [3.05, 3.63) is 29.8 Å². The van der Waals surface area contributed by atoms with E-state index >= 15 is 0 Å². The average Bonchev–Trinajstić information content (AvgIpc) is 2.63. The van der Waals surface area contributed by atoms with Gasteiger partial charge in [0.25, 0.3) is 0 Å². The van der Waals surface area contributed by atoms with Crippen LogP contribution in [-0.2, 0) is 24.7 Å². The van der Waals surface area contributed by atoms with Crippen molar-refractivity contribution in [3.8, 4) is 0 Å². The van der Waals surface area contributed by atoms with Gasteiger partial charge in [0.05, 0.1) is 30.5 Å². The molecule has 0 aliphatic rings. The van der Waals surface area contributed by atoms with Gasteiger partial charge in [0.1, 0.15) is 5.54 Å². The largest absolute Gasteiger partial charge is 0.480 e. The smallest absolute Gasteiger partial charge is 0.328 e. The van der Waals surface area contributed by atoms with Crippen molar-refractivity contribution in [1.82, 2.24) is 9.80 Å². The highest BCUT2D eigenvalue weighted by atomic mass is 35.5. The Balaban J connectivity index is -0.00000300. The fourth-order valence-electron chi connectivity index (χ4n) is 2.84. The van der Waals surface area contributed by atoms with Gasteiger partial charge in [-0.1, -0.05) is 12.1 Å². The number of thiocarbonyl (C=S) groups is 1. The van der Waals surface area contributed by atoms with Crippen molar-refractivity contribution in [3.63, 3.8) is 0 Å². The molecule has 0 unspecified atom stereocenters. The summed E-state index contributed by atoms with van der Waals surface area (Å²) in [7, 11) is 0. The number of carboxylic acid groups (broad SMARTS) is 4. The normalized spacial score (nSPS) is 11.6. The van der Waals surface area contributed by atoms with Crippen LogP contribution in [0.4, 0.5) is 5.69 Å². The SMILES string of the molecule is C[C@](C(=O)O)(c1ccc(N=C=S)cc1)N(CCN(CC(=O)O)CC(=O)O)CC(=O)O.Cl.Cl.Cl. The van der Waals surface area contributed by atoms with Crippen LogP contribution in [-0.4, -0.2) is 92.0 Å². The number of halogens is 3. The molecule has 4 N–H and O–H groups in total. The Labute approximate surface area is 213 Å². The molecule has 15 heteroatoms. The van der Waals surface area contributed by atoms with Gasteiger partial charge < -0.3 is 20.4 Å². The summed E-state index contributed by atoms with van der Waals surface area (Å²) in [5, 5.41) is 39.3. The third-order valence-corrected chi connectivity index (χ3v) is 4.47. The lowest BCUT2D eigenvalue weighted by Gasteiger charge is -2.38. The molecule has 1 rings (SSSR count). The second-order valence-electron chi connectivity index (χ2n) is 6.44. The summed E-state index contributed by atoms with van der Waals surface area (Å²) in [6.45, 7) is -0.939. The van der Waals surface area contributed by atoms with Crippen molar-refractivity contribution in [1.29, 1.82) is 0 Å². The number of isothiocyanates is 1. The molecule has 0 saturated heterocycles. The third kappa shape index (κ3) is 10.9. The molecule has 0 bridgehead atoms. The van der Waals surface area contributed by atoms with Gasteiger partial charge >= 0.3 is 23.9 Å². The quantitative estimate of drug-likeness (QED) is 0.210. The second kappa shape index (κ2) is 16.3. The number of nitrogens with zero attached hydrogens (tertiary/aromatic N) is 3. The Morgan fingerprint density at radius 3 is 1.70 bits per heavy atom. The van der Waals surface area contributed by atoms with Crippen LogP contribution >= 0.6 is 49.4 Å². The van der Waals surface area contributed by atoms with E-state index in [0.717, 1.165) is 9.80 Å². The number of hydrogen-bond donors (Lipinski definition) is 4. The highest BCUT2D eigenvalue weighted by molar-refractivity contribution is 7.78. The predicted octanol–water partition coefficient (Wildman–Crippen LogP) is 1.84. The first-order valence-corrected chi connectivity index (χ1v) is 8.96. The molecule has 33 heavy (non-hydrogen) atoms. The maximum Gasteiger partial charge on any atom is 0.328 e. The summed E-state index contributed by atoms with van der Waals surface area (Å²) in [5.41, 5.74) is -1.11. The lowest BCUT2D eigenvalue weighted by atomic mass is 9.89. The van der Waals surface area contributed by atoms with Crippen LogP contribution in [0.25, 0.3) is 0 Å². The van der Waals surface area contributed by atoms with Crippen molar-refractivity contribution in [2.75, 3.05) is 32.7 Å². The monoisotopic (exact) mass is 547 g/mol. The Morgan fingerprint density at radius 1 is 0.879 bits per heavy atom. The van der Waals surface area contributed by atoms with Crippen molar-refractivity contribution in [2.24, 2.45) is 4.99 Å². The zero-order valence-electron chi connectivity index (χ0n) is 17.2. The summed E-state index contributed by atoms with van der Waals surface area (Å²) in [6, 6.07) is 5.91. The highest BCUT2D eigenvalue weighted by Crippen LogP contribution is 2.30.